The number of halogens is 1. The number of amides is 1. The molecule has 0 radical (unpaired) electrons. The van der Waals surface area contributed by atoms with Gasteiger partial charge in [0.05, 0.1) is 6.04 Å². The molecule has 1 atom stereocenters. The predicted octanol–water partition coefficient (Wildman–Crippen LogP) is 3.07. The largest absolute Gasteiger partial charge is 0.412 e. The van der Waals surface area contributed by atoms with Crippen molar-refractivity contribution in [2.75, 3.05) is 19.4 Å². The molecule has 0 bridgehead atoms. The molecule has 1 amide bonds. The number of aryl methyl sites for hydroxylation is 1. The number of rotatable bonds is 6. The molecule has 0 aliphatic rings. The molecule has 4 nitrogen and oxygen atoms in total. The van der Waals surface area contributed by atoms with E-state index in [2.05, 4.69) is 35.8 Å². The van der Waals surface area contributed by atoms with Gasteiger partial charge in [-0.3, -0.25) is 4.79 Å². The van der Waals surface area contributed by atoms with Gasteiger partial charge in [-0.05, 0) is 42.0 Å². The van der Waals surface area contributed by atoms with E-state index in [1.807, 2.05) is 26.2 Å². The fourth-order valence-electron chi connectivity index (χ4n) is 2.37. The molecule has 0 aliphatic heterocycles. The van der Waals surface area contributed by atoms with Gasteiger partial charge in [-0.2, -0.15) is 0 Å². The summed E-state index contributed by atoms with van der Waals surface area (Å²) in [6.45, 7) is 2.10. The molecule has 22 heavy (non-hydrogen) atoms. The maximum absolute atomic E-state index is 11.2. The van der Waals surface area contributed by atoms with Gasteiger partial charge in [-0.25, -0.2) is 0 Å². The number of carbonyl (C=O) groups excluding carboxylic acids is 1. The van der Waals surface area contributed by atoms with E-state index in [1.165, 1.54) is 16.0 Å². The summed E-state index contributed by atoms with van der Waals surface area (Å²) in [4.78, 5) is 14.2. The van der Waals surface area contributed by atoms with Crippen LogP contribution in [0.15, 0.2) is 35.7 Å². The Bertz CT molecular complexity index is 589. The van der Waals surface area contributed by atoms with Crippen LogP contribution in [0, 0.1) is 6.92 Å². The van der Waals surface area contributed by atoms with Crippen molar-refractivity contribution in [1.29, 1.82) is 0 Å². The summed E-state index contributed by atoms with van der Waals surface area (Å²) >= 11 is 1.71. The standard InChI is InChI=1S/C16H20N2OS.ClH.H2O/c1-12-8-9-20-16(12)15(18(3)11-19)10-13-6-4-5-7-14(13)17-2;;/h4-9,11,15,17H,10H2,1-3H3;1H;1H2. The number of benzene rings is 1. The number of anilines is 1. The Morgan fingerprint density at radius 3 is 2.55 bits per heavy atom. The Balaban J connectivity index is 0.00000220. The smallest absolute Gasteiger partial charge is 0.209 e. The molecule has 0 saturated carbocycles. The minimum absolute atomic E-state index is 0. The fourth-order valence-corrected chi connectivity index (χ4v) is 3.45. The van der Waals surface area contributed by atoms with E-state index in [9.17, 15) is 4.79 Å². The SMILES string of the molecule is CNc1ccccc1CC(c1sccc1C)N(C)C=O.Cl.O. The second-order valence-electron chi connectivity index (χ2n) is 4.87. The third kappa shape index (κ3) is 4.47. The lowest BCUT2D eigenvalue weighted by molar-refractivity contribution is -0.118. The van der Waals surface area contributed by atoms with Crippen LogP contribution in [0.2, 0.25) is 0 Å². The zero-order valence-electron chi connectivity index (χ0n) is 13.0. The van der Waals surface area contributed by atoms with Gasteiger partial charge in [-0.1, -0.05) is 18.2 Å². The normalized spacial score (nSPS) is 10.9. The van der Waals surface area contributed by atoms with Crippen LogP contribution in [-0.2, 0) is 11.2 Å². The summed E-state index contributed by atoms with van der Waals surface area (Å²) in [7, 11) is 3.77. The average molecular weight is 343 g/mol. The summed E-state index contributed by atoms with van der Waals surface area (Å²) < 4.78 is 0. The van der Waals surface area contributed by atoms with E-state index in [-0.39, 0.29) is 23.9 Å². The molecule has 1 heterocycles. The van der Waals surface area contributed by atoms with Crippen LogP contribution in [0.1, 0.15) is 22.0 Å². The molecule has 3 N–H and O–H groups in total. The van der Waals surface area contributed by atoms with E-state index >= 15 is 0 Å². The van der Waals surface area contributed by atoms with E-state index in [0.29, 0.717) is 0 Å². The Morgan fingerprint density at radius 1 is 1.32 bits per heavy atom. The summed E-state index contributed by atoms with van der Waals surface area (Å²) in [6.07, 6.45) is 1.72. The van der Waals surface area contributed by atoms with Crippen LogP contribution in [-0.4, -0.2) is 30.9 Å². The van der Waals surface area contributed by atoms with Crippen LogP contribution in [0.25, 0.3) is 0 Å². The Labute approximate surface area is 141 Å². The molecule has 1 aromatic carbocycles. The van der Waals surface area contributed by atoms with Crippen LogP contribution < -0.4 is 5.32 Å². The first kappa shape index (κ1) is 20.4. The second-order valence-corrected chi connectivity index (χ2v) is 5.81. The number of hydrogen-bond acceptors (Lipinski definition) is 3. The highest BCUT2D eigenvalue weighted by molar-refractivity contribution is 7.10. The highest BCUT2D eigenvalue weighted by atomic mass is 35.5. The van der Waals surface area contributed by atoms with Crippen molar-refractivity contribution >= 4 is 35.8 Å². The zero-order chi connectivity index (χ0) is 14.5. The lowest BCUT2D eigenvalue weighted by atomic mass is 10.0. The molecule has 0 fully saturated rings. The van der Waals surface area contributed by atoms with Crippen molar-refractivity contribution < 1.29 is 10.3 Å². The third-order valence-electron chi connectivity index (χ3n) is 3.56. The zero-order valence-corrected chi connectivity index (χ0v) is 14.6. The molecule has 1 unspecified atom stereocenters. The highest BCUT2D eigenvalue weighted by Gasteiger charge is 2.20. The van der Waals surface area contributed by atoms with Gasteiger partial charge in [0.2, 0.25) is 6.41 Å². The molecule has 1 aromatic heterocycles. The number of para-hydroxylation sites is 1. The Kier molecular flexibility index (Phi) is 8.79. The molecule has 2 rings (SSSR count). The summed E-state index contributed by atoms with van der Waals surface area (Å²) in [5.41, 5.74) is 3.59. The minimum atomic E-state index is 0. The van der Waals surface area contributed by atoms with Gasteiger partial charge in [0.15, 0.2) is 0 Å². The minimum Gasteiger partial charge on any atom is -0.412 e. The van der Waals surface area contributed by atoms with Gasteiger partial charge in [0.25, 0.3) is 0 Å². The van der Waals surface area contributed by atoms with Gasteiger partial charge in [-0.15, -0.1) is 23.7 Å². The fraction of sp³-hybridized carbons (Fsp3) is 0.312. The highest BCUT2D eigenvalue weighted by Crippen LogP contribution is 2.32. The number of hydrogen-bond donors (Lipinski definition) is 1. The Hall–Kier alpha value is -1.56. The second kappa shape index (κ2) is 9.46. The van der Waals surface area contributed by atoms with Crippen LogP contribution in [0.3, 0.4) is 0 Å². The van der Waals surface area contributed by atoms with Crippen molar-refractivity contribution in [1.82, 2.24) is 4.90 Å². The van der Waals surface area contributed by atoms with E-state index < -0.39 is 0 Å². The summed E-state index contributed by atoms with van der Waals surface area (Å²) in [5.74, 6) is 0. The van der Waals surface area contributed by atoms with Gasteiger partial charge >= 0.3 is 0 Å². The van der Waals surface area contributed by atoms with Crippen molar-refractivity contribution in [3.8, 4) is 0 Å². The van der Waals surface area contributed by atoms with E-state index in [4.69, 9.17) is 0 Å². The quantitative estimate of drug-likeness (QED) is 0.820. The maximum Gasteiger partial charge on any atom is 0.209 e. The maximum atomic E-state index is 11.2. The molecule has 2 aromatic rings. The number of nitrogens with zero attached hydrogens (tertiary/aromatic N) is 1. The van der Waals surface area contributed by atoms with Crippen molar-refractivity contribution in [3.05, 3.63) is 51.7 Å². The topological polar surface area (TPSA) is 63.8 Å². The molecule has 0 saturated heterocycles. The van der Waals surface area contributed by atoms with Crippen molar-refractivity contribution in [3.63, 3.8) is 0 Å². The van der Waals surface area contributed by atoms with Crippen LogP contribution >= 0.6 is 23.7 Å². The van der Waals surface area contributed by atoms with Crippen LogP contribution in [0.4, 0.5) is 5.69 Å². The molecule has 122 valence electrons. The Morgan fingerprint density at radius 2 is 2.00 bits per heavy atom. The third-order valence-corrected chi connectivity index (χ3v) is 4.68. The van der Waals surface area contributed by atoms with Gasteiger partial charge in [0.1, 0.15) is 0 Å². The molecule has 0 spiro atoms. The first-order valence-corrected chi connectivity index (χ1v) is 7.52. The molecule has 6 heteroatoms. The van der Waals surface area contributed by atoms with Crippen LogP contribution in [0.5, 0.6) is 0 Å². The lowest BCUT2D eigenvalue weighted by Crippen LogP contribution is -2.25. The predicted molar refractivity (Wildman–Crippen MR) is 96.2 cm³/mol. The summed E-state index contributed by atoms with van der Waals surface area (Å²) in [5, 5.41) is 5.30. The van der Waals surface area contributed by atoms with Gasteiger partial charge in [0, 0.05) is 24.7 Å². The van der Waals surface area contributed by atoms with Crippen molar-refractivity contribution in [2.45, 2.75) is 19.4 Å². The molecule has 0 aliphatic carbocycles. The van der Waals surface area contributed by atoms with Crippen molar-refractivity contribution in [2.24, 2.45) is 0 Å². The van der Waals surface area contributed by atoms with E-state index in [1.54, 1.807) is 16.2 Å². The average Bonchev–Trinajstić information content (AvgIpc) is 2.90. The first-order valence-electron chi connectivity index (χ1n) is 6.64. The number of nitrogens with one attached hydrogen (secondary N) is 1. The summed E-state index contributed by atoms with van der Waals surface area (Å²) in [6, 6.07) is 10.4. The van der Waals surface area contributed by atoms with E-state index in [0.717, 1.165) is 18.5 Å². The number of carbonyl (C=O) groups is 1. The number of thiophene rings is 1. The van der Waals surface area contributed by atoms with Gasteiger partial charge < -0.3 is 15.7 Å². The monoisotopic (exact) mass is 342 g/mol. The lowest BCUT2D eigenvalue weighted by Gasteiger charge is -2.25. The first-order chi connectivity index (χ1) is 9.67. The molecular formula is C16H23ClN2O2S. The number of likely N-dealkylation sites (N-methyl/N-ethyl adjacent to an activating group) is 1. The molecular weight excluding hydrogens is 320 g/mol.